The van der Waals surface area contributed by atoms with Gasteiger partial charge in [0.25, 0.3) is 0 Å². The highest BCUT2D eigenvalue weighted by Gasteiger charge is 2.20. The normalized spacial score (nSPS) is 11.5. The number of hydrogen-bond acceptors (Lipinski definition) is 3. The van der Waals surface area contributed by atoms with Gasteiger partial charge in [-0.2, -0.15) is 0 Å². The molecule has 3 aromatic carbocycles. The smallest absolute Gasteiger partial charge is 0.310 e. The van der Waals surface area contributed by atoms with Crippen molar-refractivity contribution in [2.45, 2.75) is 44.7 Å². The molecular weight excluding hydrogens is 390 g/mol. The van der Waals surface area contributed by atoms with Crippen molar-refractivity contribution in [3.8, 4) is 0 Å². The first-order valence-electron chi connectivity index (χ1n) is 10.3. The fourth-order valence-corrected chi connectivity index (χ4v) is 5.04. The molecule has 0 aliphatic carbocycles. The van der Waals surface area contributed by atoms with Crippen LogP contribution in [0.2, 0.25) is 0 Å². The number of aryl methyl sites for hydroxylation is 1. The Kier molecular flexibility index (Phi) is 5.87. The Morgan fingerprint density at radius 2 is 1.77 bits per heavy atom. The zero-order chi connectivity index (χ0) is 21.3. The molecule has 1 aromatic heterocycles. The van der Waals surface area contributed by atoms with Gasteiger partial charge in [0.2, 0.25) is 0 Å². The predicted molar refractivity (Wildman–Crippen MR) is 126 cm³/mol. The molecule has 0 spiro atoms. The van der Waals surface area contributed by atoms with Gasteiger partial charge in [0.05, 0.1) is 18.0 Å². The molecule has 0 fully saturated rings. The third kappa shape index (κ3) is 3.84. The number of esters is 1. The molecular formula is C26H27NO2S. The summed E-state index contributed by atoms with van der Waals surface area (Å²) in [7, 11) is 0. The molecule has 0 unspecified atom stereocenters. The Balaban J connectivity index is 1.96. The van der Waals surface area contributed by atoms with Crippen LogP contribution in [0.4, 0.5) is 0 Å². The van der Waals surface area contributed by atoms with Crippen LogP contribution in [0, 0.1) is 6.92 Å². The first-order chi connectivity index (χ1) is 14.5. The molecule has 3 nitrogen and oxygen atoms in total. The van der Waals surface area contributed by atoms with Crippen LogP contribution in [0.5, 0.6) is 0 Å². The summed E-state index contributed by atoms with van der Waals surface area (Å²) in [5, 5.41) is 2.53. The Morgan fingerprint density at radius 1 is 1.07 bits per heavy atom. The number of fused-ring (bicyclic) bond motifs is 3. The van der Waals surface area contributed by atoms with Gasteiger partial charge in [-0.15, -0.1) is 11.8 Å². The maximum absolute atomic E-state index is 12.4. The molecule has 0 bridgehead atoms. The van der Waals surface area contributed by atoms with Gasteiger partial charge in [0.15, 0.2) is 0 Å². The second-order valence-corrected chi connectivity index (χ2v) is 8.73. The average molecular weight is 418 g/mol. The molecule has 0 aliphatic rings. The minimum absolute atomic E-state index is 0.107. The number of ether oxygens (including phenoxy) is 1. The maximum Gasteiger partial charge on any atom is 0.310 e. The van der Waals surface area contributed by atoms with Crippen molar-refractivity contribution in [3.63, 3.8) is 0 Å². The predicted octanol–water partition coefficient (Wildman–Crippen LogP) is 6.37. The van der Waals surface area contributed by atoms with E-state index in [1.54, 1.807) is 11.8 Å². The second kappa shape index (κ2) is 8.57. The van der Waals surface area contributed by atoms with Gasteiger partial charge in [0, 0.05) is 27.7 Å². The van der Waals surface area contributed by atoms with Gasteiger partial charge >= 0.3 is 5.97 Å². The molecule has 0 N–H and O–H groups in total. The van der Waals surface area contributed by atoms with E-state index in [2.05, 4.69) is 72.3 Å². The molecule has 0 saturated heterocycles. The van der Waals surface area contributed by atoms with Crippen LogP contribution in [0.15, 0.2) is 65.6 Å². The maximum atomic E-state index is 12.4. The van der Waals surface area contributed by atoms with Crippen molar-refractivity contribution in [3.05, 3.63) is 77.4 Å². The fourth-order valence-electron chi connectivity index (χ4n) is 4.24. The Morgan fingerprint density at radius 3 is 2.47 bits per heavy atom. The molecule has 4 aromatic rings. The molecule has 0 atom stereocenters. The van der Waals surface area contributed by atoms with Crippen LogP contribution in [-0.4, -0.2) is 22.9 Å². The van der Waals surface area contributed by atoms with E-state index in [0.29, 0.717) is 0 Å². The largest absolute Gasteiger partial charge is 0.463 e. The van der Waals surface area contributed by atoms with Crippen molar-refractivity contribution < 1.29 is 9.53 Å². The van der Waals surface area contributed by atoms with E-state index < -0.39 is 0 Å². The summed E-state index contributed by atoms with van der Waals surface area (Å²) >= 11 is 1.71. The van der Waals surface area contributed by atoms with Crippen molar-refractivity contribution >= 4 is 39.5 Å². The second-order valence-electron chi connectivity index (χ2n) is 7.91. The van der Waals surface area contributed by atoms with E-state index in [1.807, 2.05) is 19.9 Å². The van der Waals surface area contributed by atoms with Crippen LogP contribution in [0.3, 0.4) is 0 Å². The molecule has 0 saturated carbocycles. The minimum Gasteiger partial charge on any atom is -0.463 e. The van der Waals surface area contributed by atoms with E-state index >= 15 is 0 Å². The van der Waals surface area contributed by atoms with Crippen LogP contribution in [-0.2, 0) is 22.5 Å². The molecule has 0 radical (unpaired) electrons. The van der Waals surface area contributed by atoms with Crippen molar-refractivity contribution in [2.24, 2.45) is 0 Å². The Hall–Kier alpha value is -2.72. The van der Waals surface area contributed by atoms with E-state index in [-0.39, 0.29) is 18.5 Å². The lowest BCUT2D eigenvalue weighted by Crippen LogP contribution is -2.14. The number of nitrogens with zero attached hydrogens (tertiary/aromatic N) is 1. The van der Waals surface area contributed by atoms with E-state index in [0.717, 1.165) is 17.0 Å². The van der Waals surface area contributed by atoms with Gasteiger partial charge in [-0.25, -0.2) is 0 Å². The number of para-hydroxylation sites is 1. The van der Waals surface area contributed by atoms with Gasteiger partial charge in [0.1, 0.15) is 0 Å². The van der Waals surface area contributed by atoms with Crippen LogP contribution in [0.1, 0.15) is 30.5 Å². The first kappa shape index (κ1) is 20.5. The number of benzene rings is 3. The van der Waals surface area contributed by atoms with E-state index in [9.17, 15) is 4.79 Å². The topological polar surface area (TPSA) is 31.2 Å². The highest BCUT2D eigenvalue weighted by atomic mass is 32.2. The SMILES string of the molecule is CSc1c(CC(=O)OC(C)C)cc(C)c2c3ccccc3n(Cc3ccccc3)c12. The summed E-state index contributed by atoms with van der Waals surface area (Å²) in [4.78, 5) is 13.6. The van der Waals surface area contributed by atoms with Crippen LogP contribution < -0.4 is 0 Å². The molecule has 0 amide bonds. The van der Waals surface area contributed by atoms with E-state index in [1.165, 1.54) is 32.9 Å². The van der Waals surface area contributed by atoms with Gasteiger partial charge < -0.3 is 9.30 Å². The number of thioether (sulfide) groups is 1. The number of carbonyl (C=O) groups excluding carboxylic acids is 1. The molecule has 30 heavy (non-hydrogen) atoms. The summed E-state index contributed by atoms with van der Waals surface area (Å²) in [6.07, 6.45) is 2.27. The van der Waals surface area contributed by atoms with Crippen molar-refractivity contribution in [2.75, 3.05) is 6.26 Å². The lowest BCUT2D eigenvalue weighted by molar-refractivity contribution is -0.146. The lowest BCUT2D eigenvalue weighted by Gasteiger charge is -2.15. The van der Waals surface area contributed by atoms with Gasteiger partial charge in [-0.1, -0.05) is 54.6 Å². The van der Waals surface area contributed by atoms with Gasteiger partial charge in [-0.3, -0.25) is 4.79 Å². The average Bonchev–Trinajstić information content (AvgIpc) is 3.03. The number of hydrogen-bond donors (Lipinski definition) is 0. The highest BCUT2D eigenvalue weighted by Crippen LogP contribution is 2.39. The third-order valence-electron chi connectivity index (χ3n) is 5.35. The minimum atomic E-state index is -0.176. The summed E-state index contributed by atoms with van der Waals surface area (Å²) in [5.74, 6) is -0.176. The molecule has 154 valence electrons. The Bertz CT molecular complexity index is 1210. The van der Waals surface area contributed by atoms with Crippen LogP contribution >= 0.6 is 11.8 Å². The van der Waals surface area contributed by atoms with Gasteiger partial charge in [-0.05, 0) is 49.8 Å². The fraction of sp³-hybridized carbons (Fsp3) is 0.269. The van der Waals surface area contributed by atoms with E-state index in [4.69, 9.17) is 4.74 Å². The quantitative estimate of drug-likeness (QED) is 0.270. The number of carbonyl (C=O) groups is 1. The lowest BCUT2D eigenvalue weighted by atomic mass is 10.0. The number of aromatic nitrogens is 1. The standard InChI is InChI=1S/C26H27NO2S/c1-17(2)29-23(28)15-20-14-18(3)24-21-12-8-9-13-22(21)27(25(24)26(20)30-4)16-19-10-6-5-7-11-19/h5-14,17H,15-16H2,1-4H3. The number of rotatable bonds is 6. The Labute approximate surface area is 182 Å². The van der Waals surface area contributed by atoms with Crippen LogP contribution in [0.25, 0.3) is 21.8 Å². The molecule has 0 aliphatic heterocycles. The summed E-state index contributed by atoms with van der Waals surface area (Å²) in [6.45, 7) is 6.71. The molecule has 1 heterocycles. The third-order valence-corrected chi connectivity index (χ3v) is 6.22. The monoisotopic (exact) mass is 417 g/mol. The van der Waals surface area contributed by atoms with Crippen molar-refractivity contribution in [1.82, 2.24) is 4.57 Å². The zero-order valence-corrected chi connectivity index (χ0v) is 18.8. The molecule has 4 heteroatoms. The highest BCUT2D eigenvalue weighted by molar-refractivity contribution is 7.98. The van der Waals surface area contributed by atoms with Crippen molar-refractivity contribution in [1.29, 1.82) is 0 Å². The summed E-state index contributed by atoms with van der Waals surface area (Å²) < 4.78 is 7.83. The summed E-state index contributed by atoms with van der Waals surface area (Å²) in [5.41, 5.74) is 5.92. The zero-order valence-electron chi connectivity index (χ0n) is 17.9. The summed E-state index contributed by atoms with van der Waals surface area (Å²) in [6, 6.07) is 21.3. The molecule has 4 rings (SSSR count). The first-order valence-corrected chi connectivity index (χ1v) is 11.5.